The lowest BCUT2D eigenvalue weighted by Crippen LogP contribution is -2.35. The van der Waals surface area contributed by atoms with Gasteiger partial charge in [0.15, 0.2) is 0 Å². The zero-order chi connectivity index (χ0) is 21.9. The quantitative estimate of drug-likeness (QED) is 0.520. The molecule has 0 saturated carbocycles. The van der Waals surface area contributed by atoms with Gasteiger partial charge in [-0.25, -0.2) is 4.98 Å². The highest BCUT2D eigenvalue weighted by molar-refractivity contribution is 6.04. The molecule has 5 heterocycles. The van der Waals surface area contributed by atoms with Crippen LogP contribution in [0.4, 0.5) is 5.82 Å². The van der Waals surface area contributed by atoms with Crippen LogP contribution in [0.3, 0.4) is 0 Å². The van der Waals surface area contributed by atoms with E-state index in [-0.39, 0.29) is 5.91 Å². The molecular formula is C23H23N7O2. The van der Waals surface area contributed by atoms with Gasteiger partial charge in [-0.05, 0) is 24.3 Å². The predicted molar refractivity (Wildman–Crippen MR) is 120 cm³/mol. The molecule has 0 bridgehead atoms. The van der Waals surface area contributed by atoms with Crippen LogP contribution >= 0.6 is 0 Å². The Morgan fingerprint density at radius 2 is 1.94 bits per heavy atom. The van der Waals surface area contributed by atoms with Crippen molar-refractivity contribution < 1.29 is 9.53 Å². The van der Waals surface area contributed by atoms with Crippen LogP contribution in [0.1, 0.15) is 16.1 Å². The Bertz CT molecular complexity index is 1260. The van der Waals surface area contributed by atoms with Gasteiger partial charge in [-0.2, -0.15) is 5.10 Å². The van der Waals surface area contributed by atoms with Gasteiger partial charge in [0.2, 0.25) is 0 Å². The molecule has 4 aromatic rings. The van der Waals surface area contributed by atoms with Gasteiger partial charge in [0.05, 0.1) is 36.8 Å². The highest BCUT2D eigenvalue weighted by atomic mass is 16.5. The summed E-state index contributed by atoms with van der Waals surface area (Å²) in [6.45, 7) is 3.89. The van der Waals surface area contributed by atoms with Crippen LogP contribution in [-0.4, -0.2) is 61.8 Å². The summed E-state index contributed by atoms with van der Waals surface area (Å²) in [5.74, 6) is 0.248. The summed E-state index contributed by atoms with van der Waals surface area (Å²) < 4.78 is 7.14. The molecule has 0 spiro atoms. The van der Waals surface area contributed by atoms with E-state index in [1.807, 2.05) is 31.4 Å². The van der Waals surface area contributed by atoms with Crippen molar-refractivity contribution in [3.05, 3.63) is 66.5 Å². The molecule has 0 aromatic carbocycles. The van der Waals surface area contributed by atoms with Crippen molar-refractivity contribution in [3.8, 4) is 11.1 Å². The molecule has 4 aromatic heterocycles. The molecule has 0 aliphatic carbocycles. The first-order valence-electron chi connectivity index (χ1n) is 10.5. The molecule has 162 valence electrons. The number of ether oxygens (including phenoxy) is 1. The van der Waals surface area contributed by atoms with Crippen molar-refractivity contribution >= 4 is 22.6 Å². The molecule has 1 aliphatic heterocycles. The monoisotopic (exact) mass is 429 g/mol. The number of aromatic nitrogens is 5. The van der Waals surface area contributed by atoms with Crippen molar-refractivity contribution in [2.24, 2.45) is 7.05 Å². The predicted octanol–water partition coefficient (Wildman–Crippen LogP) is 2.51. The molecule has 0 atom stereocenters. The minimum absolute atomic E-state index is 0.223. The lowest BCUT2D eigenvalue weighted by molar-refractivity contribution is 0.0336. The largest absolute Gasteiger partial charge is 0.379 e. The van der Waals surface area contributed by atoms with Gasteiger partial charge in [0, 0.05) is 67.3 Å². The van der Waals surface area contributed by atoms with Crippen LogP contribution in [0.15, 0.2) is 55.2 Å². The van der Waals surface area contributed by atoms with Crippen LogP contribution in [0.5, 0.6) is 0 Å². The fraction of sp³-hybridized carbons (Fsp3) is 0.261. The molecule has 1 fully saturated rings. The Labute approximate surface area is 185 Å². The summed E-state index contributed by atoms with van der Waals surface area (Å²) in [6, 6.07) is 7.38. The number of carbonyl (C=O) groups is 1. The molecule has 0 radical (unpaired) electrons. The molecule has 32 heavy (non-hydrogen) atoms. The maximum atomic E-state index is 12.8. The molecule has 0 unspecified atom stereocenters. The van der Waals surface area contributed by atoms with Gasteiger partial charge in [0.1, 0.15) is 5.82 Å². The van der Waals surface area contributed by atoms with Crippen LogP contribution in [0, 0.1) is 0 Å². The number of fused-ring (bicyclic) bond motifs is 1. The minimum Gasteiger partial charge on any atom is -0.379 e. The first kappa shape index (κ1) is 20.2. The summed E-state index contributed by atoms with van der Waals surface area (Å²) in [7, 11) is 1.88. The van der Waals surface area contributed by atoms with Crippen molar-refractivity contribution in [1.82, 2.24) is 29.6 Å². The summed E-state index contributed by atoms with van der Waals surface area (Å²) in [5.41, 5.74) is 4.10. The Morgan fingerprint density at radius 3 is 2.75 bits per heavy atom. The Hall–Kier alpha value is -3.69. The molecule has 1 amide bonds. The second kappa shape index (κ2) is 8.81. The van der Waals surface area contributed by atoms with Gasteiger partial charge in [0.25, 0.3) is 5.91 Å². The Kier molecular flexibility index (Phi) is 5.57. The summed E-state index contributed by atoms with van der Waals surface area (Å²) in [4.78, 5) is 28.4. The van der Waals surface area contributed by atoms with Gasteiger partial charge in [-0.1, -0.05) is 0 Å². The number of amides is 1. The number of hydrogen-bond acceptors (Lipinski definition) is 7. The second-order valence-corrected chi connectivity index (χ2v) is 7.77. The van der Waals surface area contributed by atoms with Gasteiger partial charge in [-0.3, -0.25) is 24.3 Å². The SMILES string of the molecule is Cn1cc(-c2cnc3cnc(NC(=O)c4ccnc(CN5CCOCC5)c4)cc3c2)cn1. The highest BCUT2D eigenvalue weighted by Crippen LogP contribution is 2.23. The van der Waals surface area contributed by atoms with E-state index >= 15 is 0 Å². The molecule has 9 nitrogen and oxygen atoms in total. The zero-order valence-corrected chi connectivity index (χ0v) is 17.7. The molecule has 5 rings (SSSR count). The average Bonchev–Trinajstić information content (AvgIpc) is 3.26. The van der Waals surface area contributed by atoms with E-state index < -0.39 is 0 Å². The Morgan fingerprint density at radius 1 is 1.06 bits per heavy atom. The second-order valence-electron chi connectivity index (χ2n) is 7.77. The lowest BCUT2D eigenvalue weighted by atomic mass is 10.1. The standard InChI is InChI=1S/C23H23N7O2/c1-29-14-19(12-27-29)18-8-17-10-22(26-13-21(17)25-11-18)28-23(31)16-2-3-24-20(9-16)15-30-4-6-32-7-5-30/h2-3,8-14H,4-7,15H2,1H3,(H,26,28,31). The third-order valence-corrected chi connectivity index (χ3v) is 5.42. The van der Waals surface area contributed by atoms with E-state index in [0.717, 1.165) is 54.0 Å². The van der Waals surface area contributed by atoms with E-state index in [1.54, 1.807) is 35.5 Å². The van der Waals surface area contributed by atoms with Gasteiger partial charge >= 0.3 is 0 Å². The highest BCUT2D eigenvalue weighted by Gasteiger charge is 2.14. The van der Waals surface area contributed by atoms with Crippen LogP contribution < -0.4 is 5.32 Å². The number of nitrogens with one attached hydrogen (secondary N) is 1. The maximum absolute atomic E-state index is 12.8. The fourth-order valence-electron chi connectivity index (χ4n) is 3.71. The smallest absolute Gasteiger partial charge is 0.256 e. The van der Waals surface area contributed by atoms with E-state index in [2.05, 4.69) is 30.3 Å². The third kappa shape index (κ3) is 4.48. The van der Waals surface area contributed by atoms with E-state index in [0.29, 0.717) is 17.9 Å². The van der Waals surface area contributed by atoms with E-state index in [9.17, 15) is 4.79 Å². The van der Waals surface area contributed by atoms with Crippen LogP contribution in [-0.2, 0) is 18.3 Å². The number of rotatable bonds is 5. The first-order valence-corrected chi connectivity index (χ1v) is 10.5. The molecule has 9 heteroatoms. The van der Waals surface area contributed by atoms with E-state index in [4.69, 9.17) is 4.74 Å². The number of carbonyl (C=O) groups excluding carboxylic acids is 1. The number of nitrogens with zero attached hydrogens (tertiary/aromatic N) is 6. The minimum atomic E-state index is -0.223. The fourth-order valence-corrected chi connectivity index (χ4v) is 3.71. The first-order chi connectivity index (χ1) is 15.6. The van der Waals surface area contributed by atoms with Gasteiger partial charge < -0.3 is 10.1 Å². The maximum Gasteiger partial charge on any atom is 0.256 e. The van der Waals surface area contributed by atoms with Gasteiger partial charge in [-0.15, -0.1) is 0 Å². The van der Waals surface area contributed by atoms with Crippen molar-refractivity contribution in [1.29, 1.82) is 0 Å². The third-order valence-electron chi connectivity index (χ3n) is 5.42. The number of morpholine rings is 1. The summed E-state index contributed by atoms with van der Waals surface area (Å²) >= 11 is 0. The summed E-state index contributed by atoms with van der Waals surface area (Å²) in [5, 5.41) is 7.99. The number of hydrogen-bond donors (Lipinski definition) is 1. The van der Waals surface area contributed by atoms with Crippen molar-refractivity contribution in [2.75, 3.05) is 31.6 Å². The number of anilines is 1. The van der Waals surface area contributed by atoms with Crippen molar-refractivity contribution in [2.45, 2.75) is 6.54 Å². The topological polar surface area (TPSA) is 98.1 Å². The average molecular weight is 429 g/mol. The number of aryl methyl sites for hydroxylation is 1. The number of pyridine rings is 3. The molecule has 1 saturated heterocycles. The molecule has 1 aliphatic rings. The van der Waals surface area contributed by atoms with E-state index in [1.165, 1.54) is 0 Å². The normalized spacial score (nSPS) is 14.5. The zero-order valence-electron chi connectivity index (χ0n) is 17.7. The molecular weight excluding hydrogens is 406 g/mol. The van der Waals surface area contributed by atoms with Crippen molar-refractivity contribution in [3.63, 3.8) is 0 Å². The summed E-state index contributed by atoms with van der Waals surface area (Å²) in [6.07, 6.45) is 8.86. The van der Waals surface area contributed by atoms with Crippen LogP contribution in [0.2, 0.25) is 0 Å². The molecule has 1 N–H and O–H groups in total. The van der Waals surface area contributed by atoms with Crippen LogP contribution in [0.25, 0.3) is 22.0 Å². The Balaban J connectivity index is 1.33. The lowest BCUT2D eigenvalue weighted by Gasteiger charge is -2.26.